The fraction of sp³-hybridized carbons (Fsp3) is 0.600. The van der Waals surface area contributed by atoms with Gasteiger partial charge in [-0.15, -0.1) is 0 Å². The first kappa shape index (κ1) is 4.68. The van der Waals surface area contributed by atoms with Crippen LogP contribution in [0.5, 0.6) is 0 Å². The molecule has 0 atom stereocenters. The van der Waals surface area contributed by atoms with Crippen molar-refractivity contribution in [3.05, 3.63) is 12.2 Å². The van der Waals surface area contributed by atoms with Crippen molar-refractivity contribution >= 4 is 20.9 Å². The van der Waals surface area contributed by atoms with Crippen LogP contribution in [-0.4, -0.2) is 20.9 Å². The van der Waals surface area contributed by atoms with E-state index in [2.05, 4.69) is 12.2 Å². The van der Waals surface area contributed by atoms with Crippen LogP contribution in [0.2, 0.25) is 8.94 Å². The van der Waals surface area contributed by atoms with Crippen molar-refractivity contribution in [1.29, 1.82) is 0 Å². The van der Waals surface area contributed by atoms with E-state index in [0.717, 1.165) is 0 Å². The van der Waals surface area contributed by atoms with E-state index >= 15 is 0 Å². The van der Waals surface area contributed by atoms with Crippen molar-refractivity contribution in [2.24, 2.45) is 0 Å². The first-order valence-electron chi connectivity index (χ1n) is 2.23. The van der Waals surface area contributed by atoms with Crippen molar-refractivity contribution in [3.63, 3.8) is 0 Å². The molecule has 6 heavy (non-hydrogen) atoms. The van der Waals surface area contributed by atoms with Crippen molar-refractivity contribution in [1.82, 2.24) is 0 Å². The molecule has 0 aromatic heterocycles. The molecule has 0 N–H and O–H groups in total. The van der Waals surface area contributed by atoms with Gasteiger partial charge >= 0.3 is 48.4 Å². The molecule has 0 fully saturated rings. The van der Waals surface area contributed by atoms with Gasteiger partial charge in [-0.3, -0.25) is 0 Å². The summed E-state index contributed by atoms with van der Waals surface area (Å²) in [4.78, 5) is 0. The summed E-state index contributed by atoms with van der Waals surface area (Å²) in [6.45, 7) is 0. The molecule has 0 spiro atoms. The van der Waals surface area contributed by atoms with E-state index in [1.807, 2.05) is 0 Å². The molecule has 1 rings (SSSR count). The molecule has 1 aliphatic rings. The zero-order valence-electron chi connectivity index (χ0n) is 3.68. The van der Waals surface area contributed by atoms with E-state index < -0.39 is 0 Å². The van der Waals surface area contributed by atoms with E-state index in [0.29, 0.717) is 20.9 Å². The summed E-state index contributed by atoms with van der Waals surface area (Å²) in [6.07, 6.45) is 6.00. The Kier molecular flexibility index (Phi) is 2.08. The summed E-state index contributed by atoms with van der Waals surface area (Å²) < 4.78 is 2.99. The first-order chi connectivity index (χ1) is 3.00. The van der Waals surface area contributed by atoms with E-state index in [1.54, 1.807) is 4.47 Å². The van der Waals surface area contributed by atoms with Crippen LogP contribution in [0.3, 0.4) is 0 Å². The Morgan fingerprint density at radius 1 is 1.33 bits per heavy atom. The fourth-order valence-electron chi connectivity index (χ4n) is 0.489. The molecule has 0 saturated carbocycles. The maximum atomic E-state index is 2.33. The van der Waals surface area contributed by atoms with Crippen molar-refractivity contribution in [2.45, 2.75) is 15.4 Å². The summed E-state index contributed by atoms with van der Waals surface area (Å²) in [5.41, 5.74) is 0. The summed E-state index contributed by atoms with van der Waals surface area (Å²) in [7, 11) is 0. The molecule has 0 aliphatic carbocycles. The second-order valence-electron chi connectivity index (χ2n) is 1.33. The first-order valence-corrected chi connectivity index (χ1v) is 5.52. The van der Waals surface area contributed by atoms with Crippen LogP contribution in [0.4, 0.5) is 0 Å². The average molecular weight is 196 g/mol. The number of rotatable bonds is 0. The summed E-state index contributed by atoms with van der Waals surface area (Å²) >= 11 is 0.485. The van der Waals surface area contributed by atoms with Gasteiger partial charge in [-0.2, -0.15) is 0 Å². The van der Waals surface area contributed by atoms with Crippen LogP contribution >= 0.6 is 0 Å². The standard InChI is InChI=1S/C5H8Te/c1-2-4-6-5-3-1/h1-2H,3-5H2. The Morgan fingerprint density at radius 3 is 2.50 bits per heavy atom. The molecule has 1 aliphatic heterocycles. The van der Waals surface area contributed by atoms with Gasteiger partial charge in [-0.05, 0) is 0 Å². The Morgan fingerprint density at radius 2 is 2.33 bits per heavy atom. The molecule has 0 saturated heterocycles. The normalized spacial score (nSPS) is 21.3. The Hall–Kier alpha value is 0.530. The predicted molar refractivity (Wildman–Crippen MR) is 29.1 cm³/mol. The van der Waals surface area contributed by atoms with Crippen LogP contribution in [0.1, 0.15) is 6.42 Å². The molecular formula is C5H8Te. The second-order valence-corrected chi connectivity index (χ2v) is 4.62. The summed E-state index contributed by atoms with van der Waals surface area (Å²) in [5, 5.41) is 0. The Bertz CT molecular complexity index is 49.0. The van der Waals surface area contributed by atoms with Gasteiger partial charge in [0.2, 0.25) is 0 Å². The molecule has 1 heterocycles. The molecule has 0 aromatic rings. The minimum atomic E-state index is 0.485. The summed E-state index contributed by atoms with van der Waals surface area (Å²) in [5.74, 6) is 0. The van der Waals surface area contributed by atoms with E-state index in [1.165, 1.54) is 10.9 Å². The third-order valence-corrected chi connectivity index (χ3v) is 3.53. The van der Waals surface area contributed by atoms with Gasteiger partial charge in [0.1, 0.15) is 0 Å². The molecule has 34 valence electrons. The maximum absolute atomic E-state index is 2.33. The van der Waals surface area contributed by atoms with Gasteiger partial charge in [0, 0.05) is 0 Å². The van der Waals surface area contributed by atoms with Gasteiger partial charge in [0.05, 0.1) is 0 Å². The summed E-state index contributed by atoms with van der Waals surface area (Å²) in [6, 6.07) is 0. The van der Waals surface area contributed by atoms with E-state index in [4.69, 9.17) is 0 Å². The zero-order chi connectivity index (χ0) is 4.24. The average Bonchev–Trinajstić information content (AvgIpc) is 1.72. The second kappa shape index (κ2) is 2.66. The van der Waals surface area contributed by atoms with Crippen LogP contribution in [0.25, 0.3) is 0 Å². The Balaban J connectivity index is 2.26. The van der Waals surface area contributed by atoms with Crippen LogP contribution in [-0.2, 0) is 0 Å². The third-order valence-electron chi connectivity index (χ3n) is 0.810. The van der Waals surface area contributed by atoms with Gasteiger partial charge < -0.3 is 0 Å². The molecule has 1 heteroatoms. The third kappa shape index (κ3) is 1.32. The Labute approximate surface area is 48.7 Å². The van der Waals surface area contributed by atoms with Gasteiger partial charge in [-0.25, -0.2) is 0 Å². The number of allylic oxidation sites excluding steroid dienone is 2. The van der Waals surface area contributed by atoms with Crippen molar-refractivity contribution in [3.8, 4) is 0 Å². The topological polar surface area (TPSA) is 0 Å². The number of hydrogen-bond acceptors (Lipinski definition) is 0. The van der Waals surface area contributed by atoms with Gasteiger partial charge in [0.15, 0.2) is 0 Å². The van der Waals surface area contributed by atoms with Crippen LogP contribution in [0.15, 0.2) is 12.2 Å². The minimum absolute atomic E-state index is 0.485. The SMILES string of the molecule is C1=CC[Te]CC1. The van der Waals surface area contributed by atoms with Crippen LogP contribution in [0, 0.1) is 0 Å². The van der Waals surface area contributed by atoms with Crippen LogP contribution < -0.4 is 0 Å². The molecule has 0 aromatic carbocycles. The molecule has 0 unspecified atom stereocenters. The fourth-order valence-corrected chi connectivity index (χ4v) is 2.61. The van der Waals surface area contributed by atoms with E-state index in [9.17, 15) is 0 Å². The monoisotopic (exact) mass is 198 g/mol. The molecule has 0 amide bonds. The molecule has 0 bridgehead atoms. The quantitative estimate of drug-likeness (QED) is 0.406. The number of hydrogen-bond donors (Lipinski definition) is 0. The van der Waals surface area contributed by atoms with Crippen molar-refractivity contribution < 1.29 is 0 Å². The molecular weight excluding hydrogens is 188 g/mol. The zero-order valence-corrected chi connectivity index (χ0v) is 6.01. The molecule has 0 nitrogen and oxygen atoms in total. The van der Waals surface area contributed by atoms with Gasteiger partial charge in [0.25, 0.3) is 0 Å². The predicted octanol–water partition coefficient (Wildman–Crippen LogP) is 1.49. The molecule has 0 radical (unpaired) electrons. The van der Waals surface area contributed by atoms with E-state index in [-0.39, 0.29) is 0 Å². The van der Waals surface area contributed by atoms with Crippen molar-refractivity contribution in [2.75, 3.05) is 0 Å². The van der Waals surface area contributed by atoms with Gasteiger partial charge in [-0.1, -0.05) is 0 Å².